The molecule has 5 rings (SSSR count). The Morgan fingerprint density at radius 2 is 1.84 bits per heavy atom. The minimum atomic E-state index is -0.914. The Kier molecular flexibility index (Phi) is 5.13. The molecular formula is C29H35NO2. The van der Waals surface area contributed by atoms with E-state index in [-0.39, 0.29) is 17.1 Å². The van der Waals surface area contributed by atoms with Gasteiger partial charge >= 0.3 is 0 Å². The van der Waals surface area contributed by atoms with Gasteiger partial charge in [-0.1, -0.05) is 30.6 Å². The van der Waals surface area contributed by atoms with Crippen LogP contribution in [0.4, 0.5) is 5.69 Å². The van der Waals surface area contributed by atoms with Crippen molar-refractivity contribution < 1.29 is 9.90 Å². The number of hydrogen-bond acceptors (Lipinski definition) is 3. The fourth-order valence-corrected chi connectivity index (χ4v) is 7.38. The van der Waals surface area contributed by atoms with Gasteiger partial charge in [-0.25, -0.2) is 0 Å². The monoisotopic (exact) mass is 429 g/mol. The van der Waals surface area contributed by atoms with Gasteiger partial charge in [0.1, 0.15) is 5.60 Å². The molecule has 1 N–H and O–H groups in total. The summed E-state index contributed by atoms with van der Waals surface area (Å²) in [6, 6.07) is 8.97. The first-order valence-corrected chi connectivity index (χ1v) is 12.2. The number of ketones is 1. The summed E-state index contributed by atoms with van der Waals surface area (Å²) in [4.78, 5) is 14.3. The number of carbonyl (C=O) groups excluding carboxylic acids is 1. The molecule has 4 aliphatic carbocycles. The number of allylic oxidation sites excluding steroid dienone is 4. The second-order valence-corrected chi connectivity index (χ2v) is 10.8. The highest BCUT2D eigenvalue weighted by molar-refractivity contribution is 5.93. The maximum atomic E-state index is 12.2. The lowest BCUT2D eigenvalue weighted by Crippen LogP contribution is -2.51. The highest BCUT2D eigenvalue weighted by Crippen LogP contribution is 2.66. The second kappa shape index (κ2) is 7.63. The van der Waals surface area contributed by atoms with Crippen LogP contribution in [0.3, 0.4) is 0 Å². The molecule has 3 nitrogen and oxygen atoms in total. The summed E-state index contributed by atoms with van der Waals surface area (Å²) < 4.78 is 0. The topological polar surface area (TPSA) is 40.5 Å². The second-order valence-electron chi connectivity index (χ2n) is 10.8. The lowest BCUT2D eigenvalue weighted by atomic mass is 9.51. The number of rotatable bonds is 2. The van der Waals surface area contributed by atoms with E-state index in [4.69, 9.17) is 0 Å². The van der Waals surface area contributed by atoms with Gasteiger partial charge in [0.2, 0.25) is 0 Å². The standard InChI is InChI=1S/C29H35NO2/c1-5-15-29(32)16-14-26-24-12-8-20-17-22(31)11-13-23(20)27(24)25(18-28(26,29)2)19-6-9-21(10-7-19)30(3)4/h6-7,9-10,17,24-26,32H,8,11-14,16,18H2,1-4H3/t24-,25?,26-,28-,29-/m0/s1. The van der Waals surface area contributed by atoms with Crippen LogP contribution in [-0.4, -0.2) is 30.6 Å². The molecule has 0 bridgehead atoms. The van der Waals surface area contributed by atoms with Gasteiger partial charge in [-0.3, -0.25) is 4.79 Å². The Labute approximate surface area is 192 Å². The molecule has 1 aromatic rings. The molecule has 3 heteroatoms. The molecule has 5 atom stereocenters. The number of nitrogens with zero attached hydrogens (tertiary/aromatic N) is 1. The smallest absolute Gasteiger partial charge is 0.156 e. The van der Waals surface area contributed by atoms with Crippen molar-refractivity contribution in [2.75, 3.05) is 19.0 Å². The number of carbonyl (C=O) groups is 1. The largest absolute Gasteiger partial charge is 0.378 e. The lowest BCUT2D eigenvalue weighted by molar-refractivity contribution is -0.114. The molecule has 0 saturated heterocycles. The van der Waals surface area contributed by atoms with Gasteiger partial charge in [0.15, 0.2) is 5.78 Å². The van der Waals surface area contributed by atoms with Crippen LogP contribution < -0.4 is 4.90 Å². The molecule has 0 aromatic heterocycles. The zero-order chi connectivity index (χ0) is 22.7. The first-order valence-electron chi connectivity index (χ1n) is 12.2. The van der Waals surface area contributed by atoms with Crippen LogP contribution in [0.25, 0.3) is 0 Å². The summed E-state index contributed by atoms with van der Waals surface area (Å²) in [7, 11) is 4.14. The van der Waals surface area contributed by atoms with E-state index >= 15 is 0 Å². The van der Waals surface area contributed by atoms with Crippen LogP contribution in [0.2, 0.25) is 0 Å². The highest BCUT2D eigenvalue weighted by atomic mass is 16.3. The van der Waals surface area contributed by atoms with Gasteiger partial charge < -0.3 is 10.0 Å². The molecule has 2 fully saturated rings. The van der Waals surface area contributed by atoms with E-state index in [0.717, 1.165) is 38.5 Å². The van der Waals surface area contributed by atoms with E-state index in [1.807, 2.05) is 13.0 Å². The fraction of sp³-hybridized carbons (Fsp3) is 0.552. The number of hydrogen-bond donors (Lipinski definition) is 1. The van der Waals surface area contributed by atoms with Gasteiger partial charge in [0.05, 0.1) is 0 Å². The lowest BCUT2D eigenvalue weighted by Gasteiger charge is -2.53. The summed E-state index contributed by atoms with van der Waals surface area (Å²) in [6.45, 7) is 4.15. The van der Waals surface area contributed by atoms with Crippen molar-refractivity contribution >= 4 is 11.5 Å². The number of benzene rings is 1. The molecule has 2 saturated carbocycles. The fourth-order valence-electron chi connectivity index (χ4n) is 7.38. The Morgan fingerprint density at radius 3 is 2.53 bits per heavy atom. The average molecular weight is 430 g/mol. The normalized spacial score (nSPS) is 35.8. The van der Waals surface area contributed by atoms with E-state index in [2.05, 4.69) is 62.0 Å². The third-order valence-electron chi connectivity index (χ3n) is 9.03. The molecule has 0 aliphatic heterocycles. The molecule has 4 aliphatic rings. The van der Waals surface area contributed by atoms with Crippen LogP contribution in [0.1, 0.15) is 70.3 Å². The summed E-state index contributed by atoms with van der Waals surface area (Å²) in [5.41, 5.74) is 5.71. The first-order chi connectivity index (χ1) is 15.3. The van der Waals surface area contributed by atoms with Crippen molar-refractivity contribution in [3.63, 3.8) is 0 Å². The molecule has 0 radical (unpaired) electrons. The summed E-state index contributed by atoms with van der Waals surface area (Å²) in [6.07, 6.45) is 8.23. The summed E-state index contributed by atoms with van der Waals surface area (Å²) >= 11 is 0. The minimum Gasteiger partial charge on any atom is -0.378 e. The Hall–Kier alpha value is -2.31. The Bertz CT molecular complexity index is 1070. The van der Waals surface area contributed by atoms with Gasteiger partial charge in [-0.2, -0.15) is 0 Å². The van der Waals surface area contributed by atoms with E-state index in [9.17, 15) is 9.90 Å². The zero-order valence-electron chi connectivity index (χ0n) is 19.9. The summed E-state index contributed by atoms with van der Waals surface area (Å²) in [5.74, 6) is 7.76. The van der Waals surface area contributed by atoms with Gasteiger partial charge in [0.25, 0.3) is 0 Å². The average Bonchev–Trinajstić information content (AvgIpc) is 3.03. The quantitative estimate of drug-likeness (QED) is 0.640. The van der Waals surface area contributed by atoms with Crippen LogP contribution in [0.15, 0.2) is 47.1 Å². The molecule has 1 aromatic carbocycles. The molecule has 0 heterocycles. The number of fused-ring (bicyclic) bond motifs is 4. The van der Waals surface area contributed by atoms with Gasteiger partial charge in [-0.05, 0) is 92.2 Å². The highest BCUT2D eigenvalue weighted by Gasteiger charge is 2.62. The number of anilines is 1. The van der Waals surface area contributed by atoms with Crippen molar-refractivity contribution in [2.24, 2.45) is 17.3 Å². The van der Waals surface area contributed by atoms with Crippen molar-refractivity contribution in [2.45, 2.75) is 70.3 Å². The molecule has 0 amide bonds. The van der Waals surface area contributed by atoms with E-state index < -0.39 is 5.60 Å². The van der Waals surface area contributed by atoms with Crippen LogP contribution >= 0.6 is 0 Å². The first kappa shape index (κ1) is 21.5. The zero-order valence-corrected chi connectivity index (χ0v) is 19.9. The number of aliphatic hydroxyl groups is 1. The van der Waals surface area contributed by atoms with E-state index in [1.165, 1.54) is 22.4 Å². The Balaban J connectivity index is 1.67. The van der Waals surface area contributed by atoms with Gasteiger partial charge in [0, 0.05) is 37.5 Å². The van der Waals surface area contributed by atoms with E-state index in [1.54, 1.807) is 5.57 Å². The minimum absolute atomic E-state index is 0.221. The molecule has 32 heavy (non-hydrogen) atoms. The predicted octanol–water partition coefficient (Wildman–Crippen LogP) is 5.41. The van der Waals surface area contributed by atoms with E-state index in [0.29, 0.717) is 18.3 Å². The molecule has 1 unspecified atom stereocenters. The third-order valence-corrected chi connectivity index (χ3v) is 9.03. The van der Waals surface area contributed by atoms with Crippen LogP contribution in [0.5, 0.6) is 0 Å². The third kappa shape index (κ3) is 3.11. The molecule has 0 spiro atoms. The SMILES string of the molecule is CC#C[C@]1(O)CC[C@H]2[C@@H]3CCC4=CC(=O)CCC4=C3C(c3ccc(N(C)C)cc3)C[C@@]21C. The Morgan fingerprint density at radius 1 is 1.09 bits per heavy atom. The van der Waals surface area contributed by atoms with Crippen LogP contribution in [-0.2, 0) is 4.79 Å². The predicted molar refractivity (Wildman–Crippen MR) is 129 cm³/mol. The maximum absolute atomic E-state index is 12.2. The van der Waals surface area contributed by atoms with Crippen molar-refractivity contribution in [3.8, 4) is 11.8 Å². The van der Waals surface area contributed by atoms with Crippen LogP contribution in [0, 0.1) is 29.1 Å². The molecule has 168 valence electrons. The van der Waals surface area contributed by atoms with Crippen molar-refractivity contribution in [1.82, 2.24) is 0 Å². The van der Waals surface area contributed by atoms with Gasteiger partial charge in [-0.15, -0.1) is 5.92 Å². The molecular weight excluding hydrogens is 394 g/mol. The summed E-state index contributed by atoms with van der Waals surface area (Å²) in [5, 5.41) is 11.7. The van der Waals surface area contributed by atoms with Crippen molar-refractivity contribution in [3.05, 3.63) is 52.6 Å². The van der Waals surface area contributed by atoms with Crippen molar-refractivity contribution in [1.29, 1.82) is 0 Å². The maximum Gasteiger partial charge on any atom is 0.156 e.